The van der Waals surface area contributed by atoms with Crippen molar-refractivity contribution in [2.45, 2.75) is 62.9 Å². The Labute approximate surface area is 101 Å². The molecule has 94 valence electrons. The standard InChI is InChI=1S/C14H28N2/c1-15-13(11-12-7-8-12)14(16(2)3)9-5-4-6-10-14/h12-13,15H,4-11H2,1-3H3. The van der Waals surface area contributed by atoms with Gasteiger partial charge in [-0.05, 0) is 46.3 Å². The Balaban J connectivity index is 2.07. The number of nitrogens with one attached hydrogen (secondary N) is 1. The summed E-state index contributed by atoms with van der Waals surface area (Å²) in [6, 6.07) is 0.704. The lowest BCUT2D eigenvalue weighted by atomic mass is 9.73. The van der Waals surface area contributed by atoms with Crippen LogP contribution in [0.2, 0.25) is 0 Å². The molecule has 2 aliphatic carbocycles. The molecule has 1 N–H and O–H groups in total. The van der Waals surface area contributed by atoms with Crippen molar-refractivity contribution >= 4 is 0 Å². The molecule has 16 heavy (non-hydrogen) atoms. The molecule has 0 saturated heterocycles. The van der Waals surface area contributed by atoms with E-state index in [-0.39, 0.29) is 0 Å². The van der Waals surface area contributed by atoms with Crippen molar-refractivity contribution in [3.63, 3.8) is 0 Å². The molecule has 0 spiro atoms. The molecule has 2 saturated carbocycles. The van der Waals surface area contributed by atoms with Crippen molar-refractivity contribution in [2.75, 3.05) is 21.1 Å². The highest BCUT2D eigenvalue weighted by molar-refractivity contribution is 5.01. The van der Waals surface area contributed by atoms with Crippen LogP contribution in [0.5, 0.6) is 0 Å². The van der Waals surface area contributed by atoms with Crippen molar-refractivity contribution < 1.29 is 0 Å². The van der Waals surface area contributed by atoms with Gasteiger partial charge in [0.2, 0.25) is 0 Å². The minimum Gasteiger partial charge on any atom is -0.315 e. The van der Waals surface area contributed by atoms with E-state index in [0.29, 0.717) is 11.6 Å². The van der Waals surface area contributed by atoms with Gasteiger partial charge in [-0.3, -0.25) is 0 Å². The second-order valence-corrected chi connectivity index (χ2v) is 6.08. The van der Waals surface area contributed by atoms with Crippen LogP contribution < -0.4 is 5.32 Å². The molecule has 0 radical (unpaired) electrons. The van der Waals surface area contributed by atoms with Gasteiger partial charge in [-0.15, -0.1) is 0 Å². The second kappa shape index (κ2) is 5.05. The van der Waals surface area contributed by atoms with Gasteiger partial charge in [0.1, 0.15) is 0 Å². The Bertz CT molecular complexity index is 215. The van der Waals surface area contributed by atoms with Crippen LogP contribution in [0.25, 0.3) is 0 Å². The normalized spacial score (nSPS) is 27.0. The molecule has 2 fully saturated rings. The largest absolute Gasteiger partial charge is 0.315 e. The minimum absolute atomic E-state index is 0.440. The number of hydrogen-bond acceptors (Lipinski definition) is 2. The number of rotatable bonds is 5. The topological polar surface area (TPSA) is 15.3 Å². The Morgan fingerprint density at radius 1 is 1.19 bits per heavy atom. The maximum Gasteiger partial charge on any atom is 0.0356 e. The first-order valence-electron chi connectivity index (χ1n) is 7.04. The zero-order valence-corrected chi connectivity index (χ0v) is 11.3. The van der Waals surface area contributed by atoms with E-state index >= 15 is 0 Å². The van der Waals surface area contributed by atoms with Crippen LogP contribution in [0.15, 0.2) is 0 Å². The van der Waals surface area contributed by atoms with Crippen LogP contribution in [-0.2, 0) is 0 Å². The zero-order chi connectivity index (χ0) is 11.6. The maximum atomic E-state index is 3.62. The van der Waals surface area contributed by atoms with Gasteiger partial charge >= 0.3 is 0 Å². The summed E-state index contributed by atoms with van der Waals surface area (Å²) in [5, 5.41) is 3.62. The maximum absolute atomic E-state index is 3.62. The molecule has 2 aliphatic rings. The van der Waals surface area contributed by atoms with Crippen LogP contribution >= 0.6 is 0 Å². The van der Waals surface area contributed by atoms with E-state index in [0.717, 1.165) is 5.92 Å². The Morgan fingerprint density at radius 3 is 2.25 bits per heavy atom. The quantitative estimate of drug-likeness (QED) is 0.772. The average molecular weight is 224 g/mol. The summed E-state index contributed by atoms with van der Waals surface area (Å²) in [5.41, 5.74) is 0.440. The molecule has 0 aromatic carbocycles. The second-order valence-electron chi connectivity index (χ2n) is 6.08. The molecule has 1 unspecified atom stereocenters. The lowest BCUT2D eigenvalue weighted by molar-refractivity contribution is 0.0543. The third-order valence-electron chi connectivity index (χ3n) is 4.87. The fourth-order valence-electron chi connectivity index (χ4n) is 3.56. The van der Waals surface area contributed by atoms with E-state index in [2.05, 4.69) is 31.4 Å². The number of hydrogen-bond donors (Lipinski definition) is 1. The molecule has 2 heteroatoms. The van der Waals surface area contributed by atoms with Gasteiger partial charge in [-0.1, -0.05) is 32.1 Å². The highest BCUT2D eigenvalue weighted by Crippen LogP contribution is 2.41. The van der Waals surface area contributed by atoms with E-state index < -0.39 is 0 Å². The lowest BCUT2D eigenvalue weighted by Gasteiger charge is -2.48. The fourth-order valence-corrected chi connectivity index (χ4v) is 3.56. The molecular weight excluding hydrogens is 196 g/mol. The number of nitrogens with zero attached hydrogens (tertiary/aromatic N) is 1. The molecule has 0 aromatic heterocycles. The predicted molar refractivity (Wildman–Crippen MR) is 69.7 cm³/mol. The van der Waals surface area contributed by atoms with E-state index in [4.69, 9.17) is 0 Å². The molecule has 0 aliphatic heterocycles. The van der Waals surface area contributed by atoms with Crippen molar-refractivity contribution in [3.8, 4) is 0 Å². The smallest absolute Gasteiger partial charge is 0.0356 e. The van der Waals surface area contributed by atoms with Crippen LogP contribution in [0.1, 0.15) is 51.4 Å². The predicted octanol–water partition coefficient (Wildman–Crippen LogP) is 2.64. The molecule has 0 bridgehead atoms. The van der Waals surface area contributed by atoms with Gasteiger partial charge in [0, 0.05) is 11.6 Å². The SMILES string of the molecule is CNC(CC1CC1)C1(N(C)C)CCCCC1. The van der Waals surface area contributed by atoms with Crippen LogP contribution in [-0.4, -0.2) is 37.6 Å². The van der Waals surface area contributed by atoms with Crippen molar-refractivity contribution in [2.24, 2.45) is 5.92 Å². The van der Waals surface area contributed by atoms with Crippen LogP contribution in [0, 0.1) is 5.92 Å². The summed E-state index contributed by atoms with van der Waals surface area (Å²) in [6.45, 7) is 0. The van der Waals surface area contributed by atoms with Gasteiger partial charge in [0.05, 0.1) is 0 Å². The van der Waals surface area contributed by atoms with Crippen LogP contribution in [0.4, 0.5) is 0 Å². The van der Waals surface area contributed by atoms with E-state index in [9.17, 15) is 0 Å². The average Bonchev–Trinajstić information content (AvgIpc) is 3.10. The molecule has 0 heterocycles. The first-order valence-corrected chi connectivity index (χ1v) is 7.04. The molecule has 0 aromatic rings. The summed E-state index contributed by atoms with van der Waals surface area (Å²) >= 11 is 0. The minimum atomic E-state index is 0.440. The summed E-state index contributed by atoms with van der Waals surface area (Å²) in [7, 11) is 6.72. The monoisotopic (exact) mass is 224 g/mol. The first kappa shape index (κ1) is 12.4. The third-order valence-corrected chi connectivity index (χ3v) is 4.87. The Hall–Kier alpha value is -0.0800. The summed E-state index contributed by atoms with van der Waals surface area (Å²) in [5.74, 6) is 1.02. The summed E-state index contributed by atoms with van der Waals surface area (Å²) < 4.78 is 0. The Kier molecular flexibility index (Phi) is 3.91. The van der Waals surface area contributed by atoms with Gasteiger partial charge < -0.3 is 10.2 Å². The van der Waals surface area contributed by atoms with Gasteiger partial charge in [0.15, 0.2) is 0 Å². The van der Waals surface area contributed by atoms with Crippen molar-refractivity contribution in [1.29, 1.82) is 0 Å². The summed E-state index contributed by atoms with van der Waals surface area (Å²) in [6.07, 6.45) is 11.4. The van der Waals surface area contributed by atoms with E-state index in [1.165, 1.54) is 51.4 Å². The number of likely N-dealkylation sites (N-methyl/N-ethyl adjacent to an activating group) is 2. The summed E-state index contributed by atoms with van der Waals surface area (Å²) in [4.78, 5) is 2.51. The highest BCUT2D eigenvalue weighted by Gasteiger charge is 2.42. The molecule has 1 atom stereocenters. The molecule has 2 rings (SSSR count). The molecule has 0 amide bonds. The lowest BCUT2D eigenvalue weighted by Crippen LogP contribution is -2.59. The third kappa shape index (κ3) is 2.43. The highest BCUT2D eigenvalue weighted by atomic mass is 15.2. The van der Waals surface area contributed by atoms with Gasteiger partial charge in [-0.2, -0.15) is 0 Å². The van der Waals surface area contributed by atoms with Crippen molar-refractivity contribution in [3.05, 3.63) is 0 Å². The zero-order valence-electron chi connectivity index (χ0n) is 11.3. The van der Waals surface area contributed by atoms with Gasteiger partial charge in [0.25, 0.3) is 0 Å². The van der Waals surface area contributed by atoms with Crippen LogP contribution in [0.3, 0.4) is 0 Å². The molecular formula is C14H28N2. The van der Waals surface area contributed by atoms with Crippen molar-refractivity contribution in [1.82, 2.24) is 10.2 Å². The fraction of sp³-hybridized carbons (Fsp3) is 1.00. The van der Waals surface area contributed by atoms with E-state index in [1.807, 2.05) is 0 Å². The van der Waals surface area contributed by atoms with Gasteiger partial charge in [-0.25, -0.2) is 0 Å². The Morgan fingerprint density at radius 2 is 1.81 bits per heavy atom. The van der Waals surface area contributed by atoms with E-state index in [1.54, 1.807) is 0 Å². The first-order chi connectivity index (χ1) is 7.69. The molecule has 2 nitrogen and oxygen atoms in total.